The van der Waals surface area contributed by atoms with Crippen molar-refractivity contribution >= 4 is 27.6 Å². The second kappa shape index (κ2) is 4.47. The summed E-state index contributed by atoms with van der Waals surface area (Å²) >= 11 is 0. The van der Waals surface area contributed by atoms with E-state index in [1.807, 2.05) is 18.2 Å². The van der Waals surface area contributed by atoms with Gasteiger partial charge in [-0.2, -0.15) is 0 Å². The van der Waals surface area contributed by atoms with Gasteiger partial charge in [-0.05, 0) is 36.1 Å². The number of carbonyl (C=O) groups is 1. The number of anilines is 1. The van der Waals surface area contributed by atoms with Gasteiger partial charge in [0.1, 0.15) is 0 Å². The number of hydrogen-bond donors (Lipinski definition) is 3. The topological polar surface area (TPSA) is 102 Å². The second-order valence-electron chi connectivity index (χ2n) is 6.59. The van der Waals surface area contributed by atoms with Crippen molar-refractivity contribution in [3.63, 3.8) is 0 Å². The second-order valence-corrected chi connectivity index (χ2v) is 8.59. The van der Waals surface area contributed by atoms with Crippen molar-refractivity contribution < 1.29 is 13.2 Å². The molecule has 1 heterocycles. The van der Waals surface area contributed by atoms with E-state index in [1.165, 1.54) is 7.05 Å². The Balaban J connectivity index is 1.64. The van der Waals surface area contributed by atoms with E-state index in [9.17, 15) is 13.2 Å². The van der Waals surface area contributed by atoms with Gasteiger partial charge in [0, 0.05) is 25.1 Å². The highest BCUT2D eigenvalue weighted by molar-refractivity contribution is 7.89. The summed E-state index contributed by atoms with van der Waals surface area (Å²) in [6, 6.07) is 5.60. The first-order valence-corrected chi connectivity index (χ1v) is 9.19. The van der Waals surface area contributed by atoms with Gasteiger partial charge in [-0.3, -0.25) is 10.2 Å². The quantitative estimate of drug-likeness (QED) is 0.736. The molecule has 0 radical (unpaired) electrons. The summed E-state index contributed by atoms with van der Waals surface area (Å²) in [5, 5.41) is 13.8. The maximum absolute atomic E-state index is 12.2. The molecule has 1 saturated carbocycles. The molecule has 0 unspecified atom stereocenters. The Morgan fingerprint density at radius 2 is 2.17 bits per heavy atom. The van der Waals surface area contributed by atoms with Gasteiger partial charge in [-0.15, -0.1) is 0 Å². The molecule has 2 fully saturated rings. The maximum Gasteiger partial charge on any atom is 0.239 e. The number of carbonyl (C=O) groups excluding carboxylic acids is 1. The number of benzene rings is 1. The first kappa shape index (κ1) is 14.5. The highest BCUT2D eigenvalue weighted by Crippen LogP contribution is 2.43. The highest BCUT2D eigenvalue weighted by Gasteiger charge is 2.51. The van der Waals surface area contributed by atoms with E-state index in [0.29, 0.717) is 12.1 Å². The third-order valence-electron chi connectivity index (χ3n) is 4.85. The molecule has 8 heteroatoms. The molecule has 0 aromatic heterocycles. The molecule has 7 nitrogen and oxygen atoms in total. The van der Waals surface area contributed by atoms with Crippen LogP contribution in [0, 0.1) is 11.3 Å². The van der Waals surface area contributed by atoms with Crippen LogP contribution in [0.4, 0.5) is 5.69 Å². The van der Waals surface area contributed by atoms with E-state index in [1.54, 1.807) is 0 Å². The minimum Gasteiger partial charge on any atom is -0.345 e. The largest absolute Gasteiger partial charge is 0.345 e. The minimum absolute atomic E-state index is 0.0232. The van der Waals surface area contributed by atoms with E-state index in [4.69, 9.17) is 5.41 Å². The Labute approximate surface area is 134 Å². The van der Waals surface area contributed by atoms with Gasteiger partial charge in [-0.25, -0.2) is 12.7 Å². The van der Waals surface area contributed by atoms with Crippen molar-refractivity contribution in [2.45, 2.75) is 24.8 Å². The average molecular weight is 334 g/mol. The Morgan fingerprint density at radius 3 is 2.83 bits per heavy atom. The molecule has 23 heavy (non-hydrogen) atoms. The standard InChI is InChI=1S/C15H18N4O3S/c1-19-14(16)18-15(8-23(19,21)22)7-10-4-5-11(6-12(10)15)17-13(20)9-2-3-9/h4-6,9H,2-3,7-8H2,1H3,(H2,16,18)(H,17,20)/t15-/m0/s1. The molecule has 3 aliphatic rings. The predicted octanol–water partition coefficient (Wildman–Crippen LogP) is 0.586. The van der Waals surface area contributed by atoms with Crippen LogP contribution in [0.5, 0.6) is 0 Å². The van der Waals surface area contributed by atoms with Gasteiger partial charge in [0.05, 0.1) is 11.3 Å². The van der Waals surface area contributed by atoms with Gasteiger partial charge in [0.25, 0.3) is 0 Å². The van der Waals surface area contributed by atoms with Crippen LogP contribution in [-0.2, 0) is 26.8 Å². The summed E-state index contributed by atoms with van der Waals surface area (Å²) in [4.78, 5) is 11.9. The van der Waals surface area contributed by atoms with Crippen LogP contribution in [0.2, 0.25) is 0 Å². The van der Waals surface area contributed by atoms with Gasteiger partial charge in [0.2, 0.25) is 21.9 Å². The fourth-order valence-corrected chi connectivity index (χ4v) is 4.76. The van der Waals surface area contributed by atoms with E-state index in [2.05, 4.69) is 10.6 Å². The van der Waals surface area contributed by atoms with Crippen LogP contribution >= 0.6 is 0 Å². The number of fused-ring (bicyclic) bond motifs is 2. The van der Waals surface area contributed by atoms with Gasteiger partial charge >= 0.3 is 0 Å². The normalized spacial score (nSPS) is 27.9. The number of sulfonamides is 1. The van der Waals surface area contributed by atoms with Crippen molar-refractivity contribution in [1.29, 1.82) is 5.41 Å². The minimum atomic E-state index is -3.50. The Hall–Kier alpha value is -2.09. The fraction of sp³-hybridized carbons (Fsp3) is 0.467. The molecule has 1 aromatic carbocycles. The van der Waals surface area contributed by atoms with Crippen LogP contribution in [0.25, 0.3) is 0 Å². The number of hydrogen-bond acceptors (Lipinski definition) is 4. The summed E-state index contributed by atoms with van der Waals surface area (Å²) in [5.41, 5.74) is 1.84. The Kier molecular flexibility index (Phi) is 2.82. The van der Waals surface area contributed by atoms with Crippen LogP contribution in [0.3, 0.4) is 0 Å². The zero-order valence-electron chi connectivity index (χ0n) is 12.7. The molecular weight excluding hydrogens is 316 g/mol. The number of amides is 1. The van der Waals surface area contributed by atoms with Crippen molar-refractivity contribution in [3.8, 4) is 0 Å². The van der Waals surface area contributed by atoms with Gasteiger partial charge < -0.3 is 10.6 Å². The summed E-state index contributed by atoms with van der Waals surface area (Å²) in [6.07, 6.45) is 2.43. The van der Waals surface area contributed by atoms with Crippen molar-refractivity contribution in [3.05, 3.63) is 29.3 Å². The molecule has 2 aliphatic carbocycles. The molecule has 1 aliphatic heterocycles. The van der Waals surface area contributed by atoms with Crippen molar-refractivity contribution in [2.75, 3.05) is 18.1 Å². The summed E-state index contributed by atoms with van der Waals surface area (Å²) in [5.74, 6) is -0.0549. The van der Waals surface area contributed by atoms with Crippen LogP contribution in [-0.4, -0.2) is 37.4 Å². The Morgan fingerprint density at radius 1 is 1.43 bits per heavy atom. The molecule has 1 spiro atoms. The lowest BCUT2D eigenvalue weighted by atomic mass is 9.71. The summed E-state index contributed by atoms with van der Waals surface area (Å²) in [6.45, 7) is 0. The summed E-state index contributed by atoms with van der Waals surface area (Å²) in [7, 11) is -2.12. The zero-order chi connectivity index (χ0) is 16.4. The average Bonchev–Trinajstić information content (AvgIpc) is 3.30. The van der Waals surface area contributed by atoms with Crippen LogP contribution in [0.1, 0.15) is 24.0 Å². The molecule has 1 aromatic rings. The lowest BCUT2D eigenvalue weighted by Gasteiger charge is -2.49. The molecular formula is C15H18N4O3S. The van der Waals surface area contributed by atoms with Crippen molar-refractivity contribution in [2.24, 2.45) is 5.92 Å². The monoisotopic (exact) mass is 334 g/mol. The summed E-state index contributed by atoms with van der Waals surface area (Å²) < 4.78 is 25.5. The van der Waals surface area contributed by atoms with E-state index < -0.39 is 15.6 Å². The highest BCUT2D eigenvalue weighted by atomic mass is 32.2. The zero-order valence-corrected chi connectivity index (χ0v) is 13.5. The number of rotatable bonds is 2. The Bertz CT molecular complexity index is 831. The molecule has 4 rings (SSSR count). The van der Waals surface area contributed by atoms with E-state index in [0.717, 1.165) is 28.3 Å². The van der Waals surface area contributed by atoms with Crippen LogP contribution < -0.4 is 10.6 Å². The van der Waals surface area contributed by atoms with E-state index in [-0.39, 0.29) is 23.5 Å². The molecule has 3 N–H and O–H groups in total. The molecule has 122 valence electrons. The van der Waals surface area contributed by atoms with E-state index >= 15 is 0 Å². The third-order valence-corrected chi connectivity index (χ3v) is 6.73. The first-order valence-electron chi connectivity index (χ1n) is 7.58. The smallest absolute Gasteiger partial charge is 0.239 e. The SMILES string of the molecule is CN1C(=N)N[C@@]2(Cc3ccc(NC(=O)C4CC4)cc32)CS1(=O)=O. The maximum atomic E-state index is 12.2. The third kappa shape index (κ3) is 2.20. The van der Waals surface area contributed by atoms with Gasteiger partial charge in [0.15, 0.2) is 0 Å². The number of guanidine groups is 1. The van der Waals surface area contributed by atoms with Gasteiger partial charge in [-0.1, -0.05) is 6.07 Å². The number of nitrogens with one attached hydrogen (secondary N) is 3. The fourth-order valence-electron chi connectivity index (χ4n) is 3.29. The predicted molar refractivity (Wildman–Crippen MR) is 85.6 cm³/mol. The molecule has 1 atom stereocenters. The molecule has 1 amide bonds. The lowest BCUT2D eigenvalue weighted by molar-refractivity contribution is -0.117. The first-order chi connectivity index (χ1) is 10.8. The number of nitrogens with zero attached hydrogens (tertiary/aromatic N) is 1. The van der Waals surface area contributed by atoms with Crippen molar-refractivity contribution in [1.82, 2.24) is 9.62 Å². The lowest BCUT2D eigenvalue weighted by Crippen LogP contribution is -2.66. The molecule has 1 saturated heterocycles. The molecule has 0 bridgehead atoms. The van der Waals surface area contributed by atoms with Crippen LogP contribution in [0.15, 0.2) is 18.2 Å².